The molecule has 0 aromatic rings. The van der Waals surface area contributed by atoms with E-state index in [-0.39, 0.29) is 12.0 Å². The number of methoxy groups -OCH3 is 1. The predicted octanol–water partition coefficient (Wildman–Crippen LogP) is 0.623. The van der Waals surface area contributed by atoms with Gasteiger partial charge in [0.2, 0.25) is 5.91 Å². The van der Waals surface area contributed by atoms with E-state index >= 15 is 0 Å². The minimum atomic E-state index is 0.247. The first-order chi connectivity index (χ1) is 7.81. The van der Waals surface area contributed by atoms with Gasteiger partial charge in [-0.25, -0.2) is 0 Å². The van der Waals surface area contributed by atoms with Gasteiger partial charge in [0.15, 0.2) is 0 Å². The molecule has 0 spiro atoms. The fourth-order valence-electron chi connectivity index (χ4n) is 2.66. The molecule has 0 radical (unpaired) electrons. The van der Waals surface area contributed by atoms with Crippen molar-refractivity contribution in [1.82, 2.24) is 10.2 Å². The molecule has 16 heavy (non-hydrogen) atoms. The minimum absolute atomic E-state index is 0.247. The van der Waals surface area contributed by atoms with E-state index in [0.29, 0.717) is 5.91 Å². The zero-order chi connectivity index (χ0) is 11.4. The average Bonchev–Trinajstić information content (AvgIpc) is 2.39. The molecule has 0 aliphatic carbocycles. The van der Waals surface area contributed by atoms with E-state index in [1.807, 2.05) is 4.90 Å². The van der Waals surface area contributed by atoms with Gasteiger partial charge in [-0.05, 0) is 38.8 Å². The van der Waals surface area contributed by atoms with Gasteiger partial charge in [0.05, 0.1) is 6.10 Å². The Morgan fingerprint density at radius 2 is 2.06 bits per heavy atom. The number of hydrogen-bond donors (Lipinski definition) is 1. The number of amides is 1. The lowest BCUT2D eigenvalue weighted by Crippen LogP contribution is -2.47. The summed E-state index contributed by atoms with van der Waals surface area (Å²) in [7, 11) is 1.74. The quantitative estimate of drug-likeness (QED) is 0.750. The molecule has 2 heterocycles. The minimum Gasteiger partial charge on any atom is -0.380 e. The Morgan fingerprint density at radius 3 is 2.75 bits per heavy atom. The van der Waals surface area contributed by atoms with Crippen molar-refractivity contribution in [3.8, 4) is 0 Å². The zero-order valence-electron chi connectivity index (χ0n) is 10.1. The summed E-state index contributed by atoms with van der Waals surface area (Å²) in [5.74, 6) is 0.597. The lowest BCUT2D eigenvalue weighted by Gasteiger charge is -2.35. The largest absolute Gasteiger partial charge is 0.380 e. The molecule has 2 fully saturated rings. The Balaban J connectivity index is 1.87. The second-order valence-electron chi connectivity index (χ2n) is 4.81. The highest BCUT2D eigenvalue weighted by atomic mass is 16.5. The van der Waals surface area contributed by atoms with Gasteiger partial charge in [-0.3, -0.25) is 4.79 Å². The summed E-state index contributed by atoms with van der Waals surface area (Å²) in [4.78, 5) is 14.3. The van der Waals surface area contributed by atoms with Crippen molar-refractivity contribution in [2.75, 3.05) is 33.3 Å². The molecule has 92 valence electrons. The van der Waals surface area contributed by atoms with Crippen molar-refractivity contribution < 1.29 is 9.53 Å². The van der Waals surface area contributed by atoms with Crippen LogP contribution in [0.2, 0.25) is 0 Å². The number of ether oxygens (including phenoxy) is 1. The molecular formula is C12H22N2O2. The van der Waals surface area contributed by atoms with Crippen molar-refractivity contribution in [1.29, 1.82) is 0 Å². The van der Waals surface area contributed by atoms with Crippen LogP contribution < -0.4 is 5.32 Å². The first kappa shape index (κ1) is 11.9. The Bertz CT molecular complexity index is 239. The highest BCUT2D eigenvalue weighted by Gasteiger charge is 2.29. The van der Waals surface area contributed by atoms with Crippen LogP contribution in [0.15, 0.2) is 0 Å². The molecule has 1 unspecified atom stereocenters. The van der Waals surface area contributed by atoms with Crippen molar-refractivity contribution >= 4 is 5.91 Å². The molecule has 2 saturated heterocycles. The molecule has 0 aromatic heterocycles. The lowest BCUT2D eigenvalue weighted by atomic mass is 9.95. The highest BCUT2D eigenvalue weighted by Crippen LogP contribution is 2.19. The van der Waals surface area contributed by atoms with Crippen molar-refractivity contribution in [2.45, 2.75) is 31.8 Å². The number of carbonyl (C=O) groups is 1. The number of rotatable bonds is 2. The molecule has 1 N–H and O–H groups in total. The molecule has 2 aliphatic heterocycles. The lowest BCUT2D eigenvalue weighted by molar-refractivity contribution is -0.139. The van der Waals surface area contributed by atoms with Crippen molar-refractivity contribution in [3.63, 3.8) is 0 Å². The number of carbonyl (C=O) groups excluding carboxylic acids is 1. The van der Waals surface area contributed by atoms with Crippen LogP contribution in [0.3, 0.4) is 0 Å². The normalized spacial score (nSPS) is 28.1. The maximum absolute atomic E-state index is 12.3. The van der Waals surface area contributed by atoms with Gasteiger partial charge in [-0.1, -0.05) is 0 Å². The molecular weight excluding hydrogens is 204 g/mol. The maximum atomic E-state index is 12.3. The number of hydrogen-bond acceptors (Lipinski definition) is 3. The predicted molar refractivity (Wildman–Crippen MR) is 62.2 cm³/mol. The molecule has 0 aromatic carbocycles. The third kappa shape index (κ3) is 2.74. The number of nitrogens with zero attached hydrogens (tertiary/aromatic N) is 1. The monoisotopic (exact) mass is 226 g/mol. The summed E-state index contributed by atoms with van der Waals surface area (Å²) in [6.07, 6.45) is 4.40. The number of likely N-dealkylation sites (tertiary alicyclic amines) is 1. The van der Waals surface area contributed by atoms with Gasteiger partial charge in [0, 0.05) is 26.1 Å². The third-order valence-corrected chi connectivity index (χ3v) is 3.71. The fraction of sp³-hybridized carbons (Fsp3) is 0.917. The second kappa shape index (κ2) is 5.64. The Hall–Kier alpha value is -0.610. The third-order valence-electron chi connectivity index (χ3n) is 3.71. The molecule has 4 heteroatoms. The van der Waals surface area contributed by atoms with Crippen LogP contribution in [0.5, 0.6) is 0 Å². The molecule has 0 bridgehead atoms. The van der Waals surface area contributed by atoms with E-state index in [2.05, 4.69) is 5.32 Å². The zero-order valence-corrected chi connectivity index (χ0v) is 10.1. The Morgan fingerprint density at radius 1 is 1.31 bits per heavy atom. The summed E-state index contributed by atoms with van der Waals surface area (Å²) < 4.78 is 5.35. The molecule has 2 aliphatic rings. The summed E-state index contributed by atoms with van der Waals surface area (Å²) in [6.45, 7) is 3.68. The topological polar surface area (TPSA) is 41.6 Å². The van der Waals surface area contributed by atoms with Gasteiger partial charge >= 0.3 is 0 Å². The van der Waals surface area contributed by atoms with Crippen LogP contribution in [0, 0.1) is 5.92 Å². The first-order valence-corrected chi connectivity index (χ1v) is 6.33. The van der Waals surface area contributed by atoms with Crippen LogP contribution >= 0.6 is 0 Å². The van der Waals surface area contributed by atoms with Gasteiger partial charge in [0.1, 0.15) is 0 Å². The molecule has 2 rings (SSSR count). The van der Waals surface area contributed by atoms with Gasteiger partial charge in [-0.15, -0.1) is 0 Å². The Labute approximate surface area is 97.3 Å². The van der Waals surface area contributed by atoms with E-state index < -0.39 is 0 Å². The van der Waals surface area contributed by atoms with E-state index in [0.717, 1.165) is 51.9 Å². The maximum Gasteiger partial charge on any atom is 0.225 e. The van der Waals surface area contributed by atoms with Crippen LogP contribution in [-0.4, -0.2) is 50.2 Å². The SMILES string of the molecule is COC1CCCN(C(=O)C2CCNCC2)C1. The van der Waals surface area contributed by atoms with E-state index in [1.165, 1.54) is 0 Å². The van der Waals surface area contributed by atoms with Crippen LogP contribution in [0.4, 0.5) is 0 Å². The fourth-order valence-corrected chi connectivity index (χ4v) is 2.66. The van der Waals surface area contributed by atoms with Gasteiger partial charge < -0.3 is 15.0 Å². The van der Waals surface area contributed by atoms with E-state index in [9.17, 15) is 4.79 Å². The molecule has 1 atom stereocenters. The average molecular weight is 226 g/mol. The molecule has 0 saturated carbocycles. The molecule has 4 nitrogen and oxygen atoms in total. The smallest absolute Gasteiger partial charge is 0.225 e. The van der Waals surface area contributed by atoms with Crippen molar-refractivity contribution in [2.24, 2.45) is 5.92 Å². The standard InChI is InChI=1S/C12H22N2O2/c1-16-11-3-2-8-14(9-11)12(15)10-4-6-13-7-5-10/h10-11,13H,2-9H2,1H3. The highest BCUT2D eigenvalue weighted by molar-refractivity contribution is 5.79. The summed E-state index contributed by atoms with van der Waals surface area (Å²) in [5.41, 5.74) is 0. The number of nitrogens with one attached hydrogen (secondary N) is 1. The summed E-state index contributed by atoms with van der Waals surface area (Å²) >= 11 is 0. The van der Waals surface area contributed by atoms with Crippen LogP contribution in [0.1, 0.15) is 25.7 Å². The van der Waals surface area contributed by atoms with Crippen molar-refractivity contribution in [3.05, 3.63) is 0 Å². The van der Waals surface area contributed by atoms with E-state index in [4.69, 9.17) is 4.74 Å². The van der Waals surface area contributed by atoms with Crippen LogP contribution in [0.25, 0.3) is 0 Å². The summed E-state index contributed by atoms with van der Waals surface area (Å²) in [5, 5.41) is 3.30. The van der Waals surface area contributed by atoms with E-state index in [1.54, 1.807) is 7.11 Å². The number of piperidine rings is 2. The molecule has 1 amide bonds. The summed E-state index contributed by atoms with van der Waals surface area (Å²) in [6, 6.07) is 0. The Kier molecular flexibility index (Phi) is 4.18. The van der Waals surface area contributed by atoms with Crippen LogP contribution in [-0.2, 0) is 9.53 Å². The first-order valence-electron chi connectivity index (χ1n) is 6.33. The van der Waals surface area contributed by atoms with Gasteiger partial charge in [-0.2, -0.15) is 0 Å². The van der Waals surface area contributed by atoms with Gasteiger partial charge in [0.25, 0.3) is 0 Å². The second-order valence-corrected chi connectivity index (χ2v) is 4.81.